The minimum atomic E-state index is -0.136. The maximum absolute atomic E-state index is 12.6. The number of pyridine rings is 1. The number of nitrogens with one attached hydrogen (secondary N) is 1. The Kier molecular flexibility index (Phi) is 5.73. The van der Waals surface area contributed by atoms with Crippen LogP contribution in [0, 0.1) is 0 Å². The van der Waals surface area contributed by atoms with Crippen LogP contribution >= 0.6 is 0 Å². The molecule has 0 aromatic carbocycles. The normalized spacial score (nSPS) is 13.3. The van der Waals surface area contributed by atoms with E-state index in [1.807, 2.05) is 12.3 Å². The molecule has 2 aromatic heterocycles. The third-order valence-corrected chi connectivity index (χ3v) is 4.51. The molecule has 144 valence electrons. The zero-order valence-electron chi connectivity index (χ0n) is 16.2. The molecule has 0 radical (unpaired) electrons. The summed E-state index contributed by atoms with van der Waals surface area (Å²) in [5.41, 5.74) is 2.83. The van der Waals surface area contributed by atoms with Crippen LogP contribution < -0.4 is 14.8 Å². The second-order valence-electron chi connectivity index (χ2n) is 6.71. The molecule has 0 unspecified atom stereocenters. The first-order valence-electron chi connectivity index (χ1n) is 8.97. The molecule has 0 fully saturated rings. The molecule has 1 N–H and O–H groups in total. The summed E-state index contributed by atoms with van der Waals surface area (Å²) >= 11 is 0. The van der Waals surface area contributed by atoms with Crippen LogP contribution in [-0.2, 0) is 19.5 Å². The Balaban J connectivity index is 1.65. The Bertz CT molecular complexity index is 825. The summed E-state index contributed by atoms with van der Waals surface area (Å²) in [6.07, 6.45) is 2.65. The zero-order chi connectivity index (χ0) is 19.4. The van der Waals surface area contributed by atoms with Gasteiger partial charge in [0.25, 0.3) is 0 Å². The van der Waals surface area contributed by atoms with Crippen molar-refractivity contribution in [3.05, 3.63) is 41.0 Å². The number of ether oxygens (including phenoxy) is 2. The highest BCUT2D eigenvalue weighted by Gasteiger charge is 2.23. The number of nitrogens with zero attached hydrogens (tertiary/aromatic N) is 4. The lowest BCUT2D eigenvalue weighted by Gasteiger charge is -2.28. The van der Waals surface area contributed by atoms with Crippen molar-refractivity contribution in [2.75, 3.05) is 20.8 Å². The van der Waals surface area contributed by atoms with Gasteiger partial charge in [-0.05, 0) is 18.1 Å². The number of methoxy groups -OCH3 is 2. The van der Waals surface area contributed by atoms with Crippen LogP contribution in [0.3, 0.4) is 0 Å². The standard InChI is InChI=1S/C19H25N5O3/c1-12(2)17-20-9-13-7-8-24(11-15(13)22-17)19(25)21-10-14-5-6-16(26-3)23-18(14)27-4/h5-6,9,12H,7-8,10-11H2,1-4H3,(H,21,25). The van der Waals surface area contributed by atoms with E-state index in [2.05, 4.69) is 34.1 Å². The average Bonchev–Trinajstić information content (AvgIpc) is 2.70. The van der Waals surface area contributed by atoms with E-state index in [0.717, 1.165) is 29.1 Å². The fourth-order valence-electron chi connectivity index (χ4n) is 2.93. The van der Waals surface area contributed by atoms with Crippen molar-refractivity contribution in [3.63, 3.8) is 0 Å². The smallest absolute Gasteiger partial charge is 0.318 e. The Morgan fingerprint density at radius 2 is 2.07 bits per heavy atom. The van der Waals surface area contributed by atoms with E-state index in [9.17, 15) is 4.79 Å². The molecule has 1 aliphatic heterocycles. The highest BCUT2D eigenvalue weighted by Crippen LogP contribution is 2.21. The predicted octanol–water partition coefficient (Wildman–Crippen LogP) is 2.28. The van der Waals surface area contributed by atoms with E-state index in [4.69, 9.17) is 9.47 Å². The van der Waals surface area contributed by atoms with Gasteiger partial charge in [0.2, 0.25) is 11.8 Å². The van der Waals surface area contributed by atoms with Gasteiger partial charge in [0, 0.05) is 36.8 Å². The van der Waals surface area contributed by atoms with Gasteiger partial charge in [0.15, 0.2) is 0 Å². The van der Waals surface area contributed by atoms with E-state index < -0.39 is 0 Å². The summed E-state index contributed by atoms with van der Waals surface area (Å²) in [6.45, 7) is 5.57. The molecule has 0 saturated carbocycles. The molecule has 3 heterocycles. The molecule has 2 aromatic rings. The highest BCUT2D eigenvalue weighted by atomic mass is 16.5. The van der Waals surface area contributed by atoms with Gasteiger partial charge in [-0.25, -0.2) is 14.8 Å². The van der Waals surface area contributed by atoms with Gasteiger partial charge in [0.05, 0.1) is 26.5 Å². The lowest BCUT2D eigenvalue weighted by Crippen LogP contribution is -2.43. The van der Waals surface area contributed by atoms with Gasteiger partial charge in [0.1, 0.15) is 5.82 Å². The Morgan fingerprint density at radius 1 is 1.26 bits per heavy atom. The minimum absolute atomic E-state index is 0.136. The number of fused-ring (bicyclic) bond motifs is 1. The van der Waals surface area contributed by atoms with Crippen molar-refractivity contribution in [1.29, 1.82) is 0 Å². The summed E-state index contributed by atoms with van der Waals surface area (Å²) in [7, 11) is 3.09. The first-order chi connectivity index (χ1) is 13.0. The molecular formula is C19H25N5O3. The maximum Gasteiger partial charge on any atom is 0.318 e. The quantitative estimate of drug-likeness (QED) is 0.867. The SMILES string of the molecule is COc1ccc(CNC(=O)N2CCc3cnc(C(C)C)nc3C2)c(OC)n1. The Hall–Kier alpha value is -2.90. The van der Waals surface area contributed by atoms with Crippen molar-refractivity contribution >= 4 is 6.03 Å². The second kappa shape index (κ2) is 8.20. The number of carbonyl (C=O) groups is 1. The van der Waals surface area contributed by atoms with Crippen LogP contribution in [0.2, 0.25) is 0 Å². The molecule has 2 amide bonds. The van der Waals surface area contributed by atoms with E-state index in [1.165, 1.54) is 0 Å². The van der Waals surface area contributed by atoms with Gasteiger partial charge in [-0.1, -0.05) is 13.8 Å². The zero-order valence-corrected chi connectivity index (χ0v) is 16.2. The van der Waals surface area contributed by atoms with Crippen LogP contribution in [0.5, 0.6) is 11.8 Å². The third-order valence-electron chi connectivity index (χ3n) is 4.51. The van der Waals surface area contributed by atoms with Crippen LogP contribution in [0.4, 0.5) is 4.79 Å². The molecule has 0 aliphatic carbocycles. The summed E-state index contributed by atoms with van der Waals surface area (Å²) in [5.74, 6) is 1.97. The van der Waals surface area contributed by atoms with Gasteiger partial charge >= 0.3 is 6.03 Å². The summed E-state index contributed by atoms with van der Waals surface area (Å²) in [4.78, 5) is 27.6. The molecule has 1 aliphatic rings. The molecule has 0 spiro atoms. The van der Waals surface area contributed by atoms with E-state index >= 15 is 0 Å². The largest absolute Gasteiger partial charge is 0.481 e. The van der Waals surface area contributed by atoms with Crippen molar-refractivity contribution in [2.24, 2.45) is 0 Å². The number of carbonyl (C=O) groups excluding carboxylic acids is 1. The van der Waals surface area contributed by atoms with Crippen molar-refractivity contribution < 1.29 is 14.3 Å². The first-order valence-corrected chi connectivity index (χ1v) is 8.97. The lowest BCUT2D eigenvalue weighted by molar-refractivity contribution is 0.190. The monoisotopic (exact) mass is 371 g/mol. The molecule has 0 atom stereocenters. The van der Waals surface area contributed by atoms with Gasteiger partial charge in [-0.2, -0.15) is 4.98 Å². The molecule has 3 rings (SSSR count). The summed E-state index contributed by atoms with van der Waals surface area (Å²) in [5, 5.41) is 2.93. The van der Waals surface area contributed by atoms with Crippen molar-refractivity contribution in [2.45, 2.75) is 39.3 Å². The number of hydrogen-bond donors (Lipinski definition) is 1. The molecule has 27 heavy (non-hydrogen) atoms. The van der Waals surface area contributed by atoms with Crippen LogP contribution in [-0.4, -0.2) is 46.6 Å². The molecule has 0 bridgehead atoms. The second-order valence-corrected chi connectivity index (χ2v) is 6.71. The molecule has 8 nitrogen and oxygen atoms in total. The number of rotatable bonds is 5. The van der Waals surface area contributed by atoms with E-state index in [-0.39, 0.29) is 11.9 Å². The number of urea groups is 1. The molecule has 8 heteroatoms. The molecular weight excluding hydrogens is 346 g/mol. The fourth-order valence-corrected chi connectivity index (χ4v) is 2.93. The average molecular weight is 371 g/mol. The number of aromatic nitrogens is 3. The van der Waals surface area contributed by atoms with Gasteiger partial charge < -0.3 is 19.7 Å². The highest BCUT2D eigenvalue weighted by molar-refractivity contribution is 5.74. The third kappa shape index (κ3) is 4.27. The van der Waals surface area contributed by atoms with Crippen LogP contribution in [0.1, 0.15) is 42.4 Å². The lowest BCUT2D eigenvalue weighted by atomic mass is 10.1. The Labute approximate surface area is 158 Å². The van der Waals surface area contributed by atoms with Crippen LogP contribution in [0.15, 0.2) is 18.3 Å². The van der Waals surface area contributed by atoms with E-state index in [1.54, 1.807) is 25.2 Å². The topological polar surface area (TPSA) is 89.5 Å². The number of hydrogen-bond acceptors (Lipinski definition) is 6. The Morgan fingerprint density at radius 3 is 2.78 bits per heavy atom. The van der Waals surface area contributed by atoms with Crippen LogP contribution in [0.25, 0.3) is 0 Å². The minimum Gasteiger partial charge on any atom is -0.481 e. The fraction of sp³-hybridized carbons (Fsp3) is 0.474. The van der Waals surface area contributed by atoms with Crippen molar-refractivity contribution in [1.82, 2.24) is 25.2 Å². The summed E-state index contributed by atoms with van der Waals surface area (Å²) in [6, 6.07) is 3.44. The van der Waals surface area contributed by atoms with Gasteiger partial charge in [-0.3, -0.25) is 0 Å². The first kappa shape index (κ1) is 18.9. The predicted molar refractivity (Wildman–Crippen MR) is 99.8 cm³/mol. The number of amides is 2. The van der Waals surface area contributed by atoms with Crippen molar-refractivity contribution in [3.8, 4) is 11.8 Å². The summed E-state index contributed by atoms with van der Waals surface area (Å²) < 4.78 is 10.4. The van der Waals surface area contributed by atoms with E-state index in [0.29, 0.717) is 31.4 Å². The maximum atomic E-state index is 12.6. The molecule has 0 saturated heterocycles. The van der Waals surface area contributed by atoms with Gasteiger partial charge in [-0.15, -0.1) is 0 Å².